The molecule has 1 rings (SSSR count). The minimum absolute atomic E-state index is 0.338. The van der Waals surface area contributed by atoms with Crippen molar-refractivity contribution < 1.29 is 4.79 Å². The van der Waals surface area contributed by atoms with E-state index in [4.69, 9.17) is 5.73 Å². The lowest BCUT2D eigenvalue weighted by atomic mass is 9.85. The molecule has 0 heterocycles. The summed E-state index contributed by atoms with van der Waals surface area (Å²) in [6.07, 6.45) is 5.94. The second-order valence-corrected chi connectivity index (χ2v) is 3.63. The van der Waals surface area contributed by atoms with Gasteiger partial charge in [-0.05, 0) is 31.6 Å². The highest BCUT2D eigenvalue weighted by atomic mass is 16.2. The molecule has 0 aromatic heterocycles. The Bertz CT molecular complexity index is 151. The van der Waals surface area contributed by atoms with E-state index in [9.17, 15) is 4.79 Å². The first-order valence-corrected chi connectivity index (χ1v) is 4.78. The van der Waals surface area contributed by atoms with Crippen molar-refractivity contribution >= 4 is 6.03 Å². The Hall–Kier alpha value is -0.730. The summed E-state index contributed by atoms with van der Waals surface area (Å²) in [6.45, 7) is 2.23. The molecule has 3 nitrogen and oxygen atoms in total. The first kappa shape index (κ1) is 9.36. The lowest BCUT2D eigenvalue weighted by molar-refractivity contribution is 0.234. The number of hydrogen-bond donors (Lipinski definition) is 2. The number of nitrogens with two attached hydrogens (primary N) is 1. The Balaban J connectivity index is 2.21. The van der Waals surface area contributed by atoms with Crippen LogP contribution in [0.1, 0.15) is 39.0 Å². The topological polar surface area (TPSA) is 55.1 Å². The fourth-order valence-corrected chi connectivity index (χ4v) is 1.92. The quantitative estimate of drug-likeness (QED) is 0.650. The Morgan fingerprint density at radius 2 is 2.00 bits per heavy atom. The fourth-order valence-electron chi connectivity index (χ4n) is 1.92. The maximum absolute atomic E-state index is 10.5. The molecule has 0 bridgehead atoms. The lowest BCUT2D eigenvalue weighted by Gasteiger charge is -2.27. The summed E-state index contributed by atoms with van der Waals surface area (Å²) in [5.74, 6) is 0.871. The van der Waals surface area contributed by atoms with Gasteiger partial charge >= 0.3 is 6.03 Å². The van der Waals surface area contributed by atoms with Crippen molar-refractivity contribution in [2.45, 2.75) is 45.1 Å². The monoisotopic (exact) mass is 170 g/mol. The number of nitrogens with one attached hydrogen (secondary N) is 1. The van der Waals surface area contributed by atoms with Crippen LogP contribution in [-0.4, -0.2) is 12.1 Å². The maximum atomic E-state index is 10.5. The van der Waals surface area contributed by atoms with Crippen LogP contribution in [0.2, 0.25) is 0 Å². The van der Waals surface area contributed by atoms with Crippen LogP contribution in [0.15, 0.2) is 0 Å². The van der Waals surface area contributed by atoms with Crippen LogP contribution in [-0.2, 0) is 0 Å². The van der Waals surface area contributed by atoms with Crippen LogP contribution in [0, 0.1) is 5.92 Å². The van der Waals surface area contributed by atoms with Gasteiger partial charge in [0.25, 0.3) is 0 Å². The summed E-state index contributed by atoms with van der Waals surface area (Å²) in [5, 5.41) is 2.77. The Kier molecular flexibility index (Phi) is 3.38. The van der Waals surface area contributed by atoms with Crippen LogP contribution in [0.4, 0.5) is 4.79 Å². The highest BCUT2D eigenvalue weighted by Crippen LogP contribution is 2.26. The maximum Gasteiger partial charge on any atom is 0.312 e. The molecule has 1 saturated carbocycles. The molecule has 0 aliphatic heterocycles. The van der Waals surface area contributed by atoms with Gasteiger partial charge in [-0.15, -0.1) is 0 Å². The Labute approximate surface area is 73.7 Å². The van der Waals surface area contributed by atoms with Crippen LogP contribution in [0.5, 0.6) is 0 Å². The summed E-state index contributed by atoms with van der Waals surface area (Å²) in [6, 6.07) is -0.0414. The van der Waals surface area contributed by atoms with Gasteiger partial charge in [-0.25, -0.2) is 4.79 Å². The smallest absolute Gasteiger partial charge is 0.312 e. The van der Waals surface area contributed by atoms with E-state index in [0.717, 1.165) is 18.8 Å². The molecule has 1 aliphatic carbocycles. The number of urea groups is 1. The molecule has 0 radical (unpaired) electrons. The highest BCUT2D eigenvalue weighted by Gasteiger charge is 2.20. The average Bonchev–Trinajstić information content (AvgIpc) is 2.05. The molecular weight excluding hydrogens is 152 g/mol. The van der Waals surface area contributed by atoms with E-state index in [0.29, 0.717) is 6.04 Å². The molecular formula is C9H18N2O. The van der Waals surface area contributed by atoms with Crippen LogP contribution < -0.4 is 11.1 Å². The van der Waals surface area contributed by atoms with E-state index in [1.54, 1.807) is 0 Å². The van der Waals surface area contributed by atoms with E-state index < -0.39 is 0 Å². The fraction of sp³-hybridized carbons (Fsp3) is 0.889. The van der Waals surface area contributed by atoms with Crippen molar-refractivity contribution in [3.8, 4) is 0 Å². The van der Waals surface area contributed by atoms with Crippen molar-refractivity contribution in [1.82, 2.24) is 5.32 Å². The molecule has 0 aromatic rings. The predicted octanol–water partition coefficient (Wildman–Crippen LogP) is 1.62. The number of hydrogen-bond acceptors (Lipinski definition) is 1. The standard InChI is InChI=1S/C9H18N2O/c1-2-7-3-5-8(6-4-7)11-9(10)12/h7-8H,2-6H2,1H3,(H3,10,11,12)/t7-,8-. The zero-order valence-corrected chi connectivity index (χ0v) is 7.68. The van der Waals surface area contributed by atoms with Crippen molar-refractivity contribution in [2.75, 3.05) is 0 Å². The van der Waals surface area contributed by atoms with Crippen molar-refractivity contribution in [3.63, 3.8) is 0 Å². The molecule has 3 heteroatoms. The largest absolute Gasteiger partial charge is 0.352 e. The molecule has 12 heavy (non-hydrogen) atoms. The summed E-state index contributed by atoms with van der Waals surface area (Å²) in [5.41, 5.74) is 5.04. The van der Waals surface area contributed by atoms with Gasteiger partial charge in [-0.2, -0.15) is 0 Å². The minimum atomic E-state index is -0.380. The van der Waals surface area contributed by atoms with Crippen molar-refractivity contribution in [2.24, 2.45) is 11.7 Å². The van der Waals surface area contributed by atoms with Gasteiger partial charge in [0.05, 0.1) is 0 Å². The highest BCUT2D eigenvalue weighted by molar-refractivity contribution is 5.71. The number of amides is 2. The van der Waals surface area contributed by atoms with E-state index in [1.165, 1.54) is 19.3 Å². The summed E-state index contributed by atoms with van der Waals surface area (Å²) < 4.78 is 0. The van der Waals surface area contributed by atoms with Gasteiger partial charge in [0.1, 0.15) is 0 Å². The van der Waals surface area contributed by atoms with Crippen LogP contribution in [0.25, 0.3) is 0 Å². The average molecular weight is 170 g/mol. The molecule has 0 unspecified atom stereocenters. The van der Waals surface area contributed by atoms with Crippen LogP contribution in [0.3, 0.4) is 0 Å². The van der Waals surface area contributed by atoms with Crippen LogP contribution >= 0.6 is 0 Å². The molecule has 70 valence electrons. The molecule has 2 amide bonds. The molecule has 1 fully saturated rings. The molecule has 0 saturated heterocycles. The SMILES string of the molecule is CC[C@H]1CC[C@H](NC(N)=O)CC1. The summed E-state index contributed by atoms with van der Waals surface area (Å²) >= 11 is 0. The lowest BCUT2D eigenvalue weighted by Crippen LogP contribution is -2.40. The second-order valence-electron chi connectivity index (χ2n) is 3.63. The number of primary amides is 1. The summed E-state index contributed by atoms with van der Waals surface area (Å²) in [4.78, 5) is 10.5. The zero-order chi connectivity index (χ0) is 8.97. The normalized spacial score (nSPS) is 29.8. The minimum Gasteiger partial charge on any atom is -0.352 e. The Morgan fingerprint density at radius 3 is 2.42 bits per heavy atom. The number of rotatable bonds is 2. The summed E-state index contributed by atoms with van der Waals surface area (Å²) in [7, 11) is 0. The third-order valence-corrected chi connectivity index (χ3v) is 2.77. The number of carbonyl (C=O) groups is 1. The molecule has 0 spiro atoms. The first-order chi connectivity index (χ1) is 5.72. The molecule has 0 atom stereocenters. The Morgan fingerprint density at radius 1 is 1.42 bits per heavy atom. The van der Waals surface area contributed by atoms with Gasteiger partial charge < -0.3 is 11.1 Å². The molecule has 3 N–H and O–H groups in total. The van der Waals surface area contributed by atoms with Crippen molar-refractivity contribution in [1.29, 1.82) is 0 Å². The van der Waals surface area contributed by atoms with Gasteiger partial charge in [0.2, 0.25) is 0 Å². The zero-order valence-electron chi connectivity index (χ0n) is 7.68. The number of carbonyl (C=O) groups excluding carboxylic acids is 1. The van der Waals surface area contributed by atoms with Gasteiger partial charge in [-0.1, -0.05) is 13.3 Å². The van der Waals surface area contributed by atoms with E-state index >= 15 is 0 Å². The third kappa shape index (κ3) is 2.72. The van der Waals surface area contributed by atoms with Gasteiger partial charge in [-0.3, -0.25) is 0 Å². The predicted molar refractivity (Wildman–Crippen MR) is 48.8 cm³/mol. The van der Waals surface area contributed by atoms with E-state index in [1.807, 2.05) is 0 Å². The van der Waals surface area contributed by atoms with Gasteiger partial charge in [0.15, 0.2) is 0 Å². The molecule has 0 aromatic carbocycles. The van der Waals surface area contributed by atoms with E-state index in [2.05, 4.69) is 12.2 Å². The van der Waals surface area contributed by atoms with Gasteiger partial charge in [0, 0.05) is 6.04 Å². The molecule has 1 aliphatic rings. The van der Waals surface area contributed by atoms with Crippen molar-refractivity contribution in [3.05, 3.63) is 0 Å². The second kappa shape index (κ2) is 4.33. The van der Waals surface area contributed by atoms with E-state index in [-0.39, 0.29) is 6.03 Å². The third-order valence-electron chi connectivity index (χ3n) is 2.77. The first-order valence-electron chi connectivity index (χ1n) is 4.78.